The highest BCUT2D eigenvalue weighted by Gasteiger charge is 2.24. The summed E-state index contributed by atoms with van der Waals surface area (Å²) < 4.78 is 0.579. The van der Waals surface area contributed by atoms with Gasteiger partial charge in [0.15, 0.2) is 4.77 Å². The normalized spacial score (nSPS) is 17.2. The minimum Gasteiger partial charge on any atom is -0.333 e. The van der Waals surface area contributed by atoms with Gasteiger partial charge >= 0.3 is 0 Å². The molecular weight excluding hydrogens is 280 g/mol. The van der Waals surface area contributed by atoms with Gasteiger partial charge in [0.2, 0.25) is 0 Å². The van der Waals surface area contributed by atoms with Crippen LogP contribution in [0, 0.1) is 4.77 Å². The molecule has 2 N–H and O–H groups in total. The Kier molecular flexibility index (Phi) is 3.24. The number of nitrogens with zero attached hydrogens (tertiary/aromatic N) is 2. The Bertz CT molecular complexity index is 737. The molecule has 4 rings (SSSR count). The Labute approximate surface area is 129 Å². The molecule has 0 radical (unpaired) electrons. The average molecular weight is 298 g/mol. The molecule has 2 aliphatic heterocycles. The van der Waals surface area contributed by atoms with Crippen molar-refractivity contribution in [2.75, 3.05) is 18.0 Å². The van der Waals surface area contributed by atoms with Crippen LogP contribution in [0.5, 0.6) is 0 Å². The van der Waals surface area contributed by atoms with Crippen LogP contribution in [-0.2, 0) is 19.4 Å². The van der Waals surface area contributed by atoms with Crippen LogP contribution in [0.1, 0.15) is 23.2 Å². The third kappa shape index (κ3) is 2.26. The molecule has 0 aliphatic carbocycles. The maximum Gasteiger partial charge on any atom is 0.199 e. The fraction of sp³-hybridized carbons (Fsp3) is 0.375. The minimum absolute atomic E-state index is 0.579. The summed E-state index contributed by atoms with van der Waals surface area (Å²) in [5.74, 6) is 1.06. The Morgan fingerprint density at radius 3 is 3.05 bits per heavy atom. The summed E-state index contributed by atoms with van der Waals surface area (Å²) in [5.41, 5.74) is 5.21. The lowest BCUT2D eigenvalue weighted by Crippen LogP contribution is -2.31. The summed E-state index contributed by atoms with van der Waals surface area (Å²) in [6.45, 7) is 2.87. The van der Waals surface area contributed by atoms with Crippen LogP contribution in [0.2, 0.25) is 0 Å². The Hall–Kier alpha value is -1.72. The number of hydrogen-bond donors (Lipinski definition) is 2. The second kappa shape index (κ2) is 5.24. The zero-order valence-electron chi connectivity index (χ0n) is 11.9. The predicted octanol–water partition coefficient (Wildman–Crippen LogP) is 2.87. The molecule has 0 unspecified atom stereocenters. The highest BCUT2D eigenvalue weighted by Crippen LogP contribution is 2.35. The fourth-order valence-corrected chi connectivity index (χ4v) is 3.56. The molecular formula is C16H18N4S. The van der Waals surface area contributed by atoms with Crippen molar-refractivity contribution in [3.05, 3.63) is 45.9 Å². The van der Waals surface area contributed by atoms with E-state index in [1.165, 1.54) is 22.5 Å². The summed E-state index contributed by atoms with van der Waals surface area (Å²) in [6.07, 6.45) is 3.32. The van der Waals surface area contributed by atoms with Gasteiger partial charge < -0.3 is 15.2 Å². The number of para-hydroxylation sites is 1. The first-order valence-electron chi connectivity index (χ1n) is 7.51. The topological polar surface area (TPSA) is 44.0 Å². The van der Waals surface area contributed by atoms with Gasteiger partial charge in [-0.2, -0.15) is 0 Å². The van der Waals surface area contributed by atoms with E-state index in [9.17, 15) is 0 Å². The number of anilines is 2. The van der Waals surface area contributed by atoms with Crippen molar-refractivity contribution >= 4 is 23.7 Å². The van der Waals surface area contributed by atoms with Gasteiger partial charge in [0.05, 0.1) is 0 Å². The van der Waals surface area contributed by atoms with E-state index in [2.05, 4.69) is 44.5 Å². The molecule has 1 aromatic heterocycles. The van der Waals surface area contributed by atoms with E-state index in [1.807, 2.05) is 0 Å². The summed E-state index contributed by atoms with van der Waals surface area (Å²) >= 11 is 5.33. The molecule has 0 saturated heterocycles. The van der Waals surface area contributed by atoms with Crippen molar-refractivity contribution < 1.29 is 0 Å². The van der Waals surface area contributed by atoms with Crippen LogP contribution >= 0.6 is 12.2 Å². The second-order valence-corrected chi connectivity index (χ2v) is 6.02. The van der Waals surface area contributed by atoms with Gasteiger partial charge in [0.1, 0.15) is 5.82 Å². The number of aromatic amines is 1. The van der Waals surface area contributed by atoms with E-state index < -0.39 is 0 Å². The van der Waals surface area contributed by atoms with Crippen LogP contribution in [-0.4, -0.2) is 23.1 Å². The molecule has 4 nitrogen and oxygen atoms in total. The molecule has 1 aromatic carbocycles. The molecule has 0 amide bonds. The molecule has 0 spiro atoms. The van der Waals surface area contributed by atoms with E-state index >= 15 is 0 Å². The lowest BCUT2D eigenvalue weighted by molar-refractivity contribution is 0.618. The molecule has 108 valence electrons. The van der Waals surface area contributed by atoms with E-state index in [0.717, 1.165) is 44.7 Å². The molecule has 0 atom stereocenters. The molecule has 5 heteroatoms. The summed E-state index contributed by atoms with van der Waals surface area (Å²) in [4.78, 5) is 10.3. The van der Waals surface area contributed by atoms with Crippen molar-refractivity contribution in [3.63, 3.8) is 0 Å². The minimum atomic E-state index is 0.579. The summed E-state index contributed by atoms with van der Waals surface area (Å²) in [5, 5.41) is 3.39. The van der Waals surface area contributed by atoms with Crippen molar-refractivity contribution in [1.82, 2.24) is 15.3 Å². The first-order chi connectivity index (χ1) is 10.3. The van der Waals surface area contributed by atoms with Gasteiger partial charge in [-0.1, -0.05) is 18.2 Å². The number of aryl methyl sites for hydroxylation is 1. The van der Waals surface area contributed by atoms with Crippen molar-refractivity contribution in [3.8, 4) is 0 Å². The predicted molar refractivity (Wildman–Crippen MR) is 86.6 cm³/mol. The summed E-state index contributed by atoms with van der Waals surface area (Å²) in [6, 6.07) is 8.64. The number of benzene rings is 1. The lowest BCUT2D eigenvalue weighted by atomic mass is 10.00. The standard InChI is InChI=1S/C16H18N4S/c21-16-18-13-10-17-8-7-12(13)15(19-16)20-9-3-5-11-4-1-2-6-14(11)20/h1-2,4,6,17H,3,5,7-10H2,(H,18,19,21). The van der Waals surface area contributed by atoms with E-state index in [4.69, 9.17) is 12.2 Å². The first kappa shape index (κ1) is 13.0. The third-order valence-electron chi connectivity index (χ3n) is 4.32. The zero-order chi connectivity index (χ0) is 14.2. The van der Waals surface area contributed by atoms with E-state index in [0.29, 0.717) is 4.77 Å². The molecule has 21 heavy (non-hydrogen) atoms. The quantitative estimate of drug-likeness (QED) is 0.795. The van der Waals surface area contributed by atoms with Crippen LogP contribution in [0.3, 0.4) is 0 Å². The molecule has 2 aromatic rings. The summed E-state index contributed by atoms with van der Waals surface area (Å²) in [7, 11) is 0. The number of rotatable bonds is 1. The van der Waals surface area contributed by atoms with Crippen molar-refractivity contribution in [2.45, 2.75) is 25.8 Å². The van der Waals surface area contributed by atoms with Gasteiger partial charge in [-0.25, -0.2) is 4.98 Å². The monoisotopic (exact) mass is 298 g/mol. The highest BCUT2D eigenvalue weighted by molar-refractivity contribution is 7.71. The molecule has 0 saturated carbocycles. The van der Waals surface area contributed by atoms with Gasteiger partial charge in [0, 0.05) is 30.0 Å². The van der Waals surface area contributed by atoms with Gasteiger partial charge in [-0.05, 0) is 49.7 Å². The molecule has 3 heterocycles. The van der Waals surface area contributed by atoms with Crippen LogP contribution in [0.15, 0.2) is 24.3 Å². The maximum atomic E-state index is 5.33. The van der Waals surface area contributed by atoms with Crippen molar-refractivity contribution in [1.29, 1.82) is 0 Å². The average Bonchev–Trinajstić information content (AvgIpc) is 2.53. The van der Waals surface area contributed by atoms with Crippen LogP contribution in [0.25, 0.3) is 0 Å². The van der Waals surface area contributed by atoms with E-state index in [1.54, 1.807) is 0 Å². The highest BCUT2D eigenvalue weighted by atomic mass is 32.1. The number of hydrogen-bond acceptors (Lipinski definition) is 4. The number of fused-ring (bicyclic) bond motifs is 2. The largest absolute Gasteiger partial charge is 0.333 e. The first-order valence-corrected chi connectivity index (χ1v) is 7.92. The third-order valence-corrected chi connectivity index (χ3v) is 4.51. The maximum absolute atomic E-state index is 5.33. The Balaban J connectivity index is 1.88. The number of aromatic nitrogens is 2. The molecule has 2 aliphatic rings. The molecule has 0 bridgehead atoms. The van der Waals surface area contributed by atoms with Gasteiger partial charge in [0.25, 0.3) is 0 Å². The zero-order valence-corrected chi connectivity index (χ0v) is 12.7. The SMILES string of the molecule is S=c1nc(N2CCCc3ccccc32)c2c([nH]1)CNCC2. The lowest BCUT2D eigenvalue weighted by Gasteiger charge is -2.33. The van der Waals surface area contributed by atoms with E-state index in [-0.39, 0.29) is 0 Å². The second-order valence-electron chi connectivity index (χ2n) is 5.63. The Morgan fingerprint density at radius 2 is 2.10 bits per heavy atom. The van der Waals surface area contributed by atoms with Gasteiger partial charge in [-0.3, -0.25) is 0 Å². The van der Waals surface area contributed by atoms with Gasteiger partial charge in [-0.15, -0.1) is 0 Å². The van der Waals surface area contributed by atoms with Crippen LogP contribution in [0.4, 0.5) is 11.5 Å². The van der Waals surface area contributed by atoms with Crippen LogP contribution < -0.4 is 10.2 Å². The van der Waals surface area contributed by atoms with Crippen molar-refractivity contribution in [2.24, 2.45) is 0 Å². The smallest absolute Gasteiger partial charge is 0.199 e. The Morgan fingerprint density at radius 1 is 1.19 bits per heavy atom. The number of H-pyrrole nitrogens is 1. The fourth-order valence-electron chi connectivity index (χ4n) is 3.35. The molecule has 0 fully saturated rings. The number of nitrogens with one attached hydrogen (secondary N) is 2.